The molecule has 2 N–H and O–H groups in total. The molecule has 5 nitrogen and oxygen atoms in total. The second-order valence-electron chi connectivity index (χ2n) is 6.16. The van der Waals surface area contributed by atoms with Crippen LogP contribution in [0.25, 0.3) is 11.1 Å². The Morgan fingerprint density at radius 1 is 1.08 bits per heavy atom. The molecule has 1 atom stereocenters. The molecule has 3 amide bonds. The molecule has 0 aliphatic carbocycles. The number of urea groups is 1. The SMILES string of the molecule is CNC(=O)C[C@@H](C)N(C)C(=O)Nc1ccc(-c2ccccc2C)cc1. The van der Waals surface area contributed by atoms with Crippen LogP contribution in [-0.4, -0.2) is 37.0 Å². The Morgan fingerprint density at radius 3 is 2.32 bits per heavy atom. The lowest BCUT2D eigenvalue weighted by Crippen LogP contribution is -2.40. The topological polar surface area (TPSA) is 61.4 Å². The van der Waals surface area contributed by atoms with Gasteiger partial charge in [0.25, 0.3) is 0 Å². The summed E-state index contributed by atoms with van der Waals surface area (Å²) in [4.78, 5) is 25.3. The van der Waals surface area contributed by atoms with Crippen LogP contribution >= 0.6 is 0 Å². The zero-order chi connectivity index (χ0) is 18.4. The summed E-state index contributed by atoms with van der Waals surface area (Å²) in [5, 5.41) is 5.43. The van der Waals surface area contributed by atoms with Gasteiger partial charge in [0, 0.05) is 32.2 Å². The number of anilines is 1. The van der Waals surface area contributed by atoms with Crippen molar-refractivity contribution in [3.63, 3.8) is 0 Å². The maximum Gasteiger partial charge on any atom is 0.321 e. The average Bonchev–Trinajstić information content (AvgIpc) is 2.62. The predicted molar refractivity (Wildman–Crippen MR) is 102 cm³/mol. The van der Waals surface area contributed by atoms with Gasteiger partial charge in [-0.15, -0.1) is 0 Å². The first-order chi connectivity index (χ1) is 11.9. The van der Waals surface area contributed by atoms with Crippen LogP contribution in [0.15, 0.2) is 48.5 Å². The van der Waals surface area contributed by atoms with Crippen LogP contribution in [0.3, 0.4) is 0 Å². The van der Waals surface area contributed by atoms with Crippen LogP contribution < -0.4 is 10.6 Å². The van der Waals surface area contributed by atoms with Crippen molar-refractivity contribution in [3.05, 3.63) is 54.1 Å². The molecule has 0 saturated heterocycles. The van der Waals surface area contributed by atoms with Gasteiger partial charge >= 0.3 is 6.03 Å². The molecule has 0 saturated carbocycles. The molecule has 0 fully saturated rings. The molecule has 0 aliphatic heterocycles. The lowest BCUT2D eigenvalue weighted by molar-refractivity contribution is -0.121. The molecule has 0 aromatic heterocycles. The Kier molecular flexibility index (Phi) is 6.17. The van der Waals surface area contributed by atoms with Crippen molar-refractivity contribution in [1.29, 1.82) is 0 Å². The molecule has 5 heteroatoms. The van der Waals surface area contributed by atoms with E-state index >= 15 is 0 Å². The first-order valence-electron chi connectivity index (χ1n) is 8.33. The molecule has 0 radical (unpaired) electrons. The minimum absolute atomic E-state index is 0.0882. The van der Waals surface area contributed by atoms with Gasteiger partial charge in [0.05, 0.1) is 0 Å². The van der Waals surface area contributed by atoms with E-state index in [1.807, 2.05) is 43.3 Å². The minimum atomic E-state index is -0.236. The molecule has 0 unspecified atom stereocenters. The Labute approximate surface area is 149 Å². The molecule has 0 heterocycles. The van der Waals surface area contributed by atoms with Gasteiger partial charge in [-0.3, -0.25) is 4.79 Å². The summed E-state index contributed by atoms with van der Waals surface area (Å²) in [5.41, 5.74) is 4.22. The lowest BCUT2D eigenvalue weighted by Gasteiger charge is -2.24. The van der Waals surface area contributed by atoms with Gasteiger partial charge in [-0.2, -0.15) is 0 Å². The number of carbonyl (C=O) groups is 2. The van der Waals surface area contributed by atoms with Crippen molar-refractivity contribution >= 4 is 17.6 Å². The van der Waals surface area contributed by atoms with E-state index in [0.29, 0.717) is 0 Å². The quantitative estimate of drug-likeness (QED) is 0.873. The number of hydrogen-bond donors (Lipinski definition) is 2. The number of nitrogens with one attached hydrogen (secondary N) is 2. The average molecular weight is 339 g/mol. The Hall–Kier alpha value is -2.82. The van der Waals surface area contributed by atoms with Crippen LogP contribution in [0.4, 0.5) is 10.5 Å². The minimum Gasteiger partial charge on any atom is -0.359 e. The van der Waals surface area contributed by atoms with Crippen molar-refractivity contribution in [2.75, 3.05) is 19.4 Å². The second kappa shape index (κ2) is 8.33. The van der Waals surface area contributed by atoms with Crippen molar-refractivity contribution in [2.24, 2.45) is 0 Å². The Morgan fingerprint density at radius 2 is 1.72 bits per heavy atom. The monoisotopic (exact) mass is 339 g/mol. The van der Waals surface area contributed by atoms with Crippen molar-refractivity contribution in [1.82, 2.24) is 10.2 Å². The molecule has 2 aromatic rings. The number of rotatable bonds is 5. The third-order valence-electron chi connectivity index (χ3n) is 4.33. The molecule has 0 bridgehead atoms. The van der Waals surface area contributed by atoms with Crippen molar-refractivity contribution in [3.8, 4) is 11.1 Å². The van der Waals surface area contributed by atoms with E-state index in [1.54, 1.807) is 14.1 Å². The summed E-state index contributed by atoms with van der Waals surface area (Å²) < 4.78 is 0. The zero-order valence-corrected chi connectivity index (χ0v) is 15.2. The van der Waals surface area contributed by atoms with E-state index in [4.69, 9.17) is 0 Å². The van der Waals surface area contributed by atoms with E-state index in [9.17, 15) is 9.59 Å². The van der Waals surface area contributed by atoms with E-state index < -0.39 is 0 Å². The fourth-order valence-corrected chi connectivity index (χ4v) is 2.55. The first-order valence-corrected chi connectivity index (χ1v) is 8.33. The molecule has 0 spiro atoms. The van der Waals surface area contributed by atoms with Crippen molar-refractivity contribution in [2.45, 2.75) is 26.3 Å². The van der Waals surface area contributed by atoms with Crippen LogP contribution in [0.5, 0.6) is 0 Å². The molecule has 132 valence electrons. The molecule has 0 aliphatic rings. The Balaban J connectivity index is 2.02. The van der Waals surface area contributed by atoms with Gasteiger partial charge in [-0.25, -0.2) is 4.79 Å². The molecule has 2 rings (SSSR count). The predicted octanol–water partition coefficient (Wildman–Crippen LogP) is 3.65. The van der Waals surface area contributed by atoms with E-state index in [-0.39, 0.29) is 24.4 Å². The molecular formula is C20H25N3O2. The highest BCUT2D eigenvalue weighted by Gasteiger charge is 2.18. The summed E-state index contributed by atoms with van der Waals surface area (Å²) in [5.74, 6) is -0.0882. The standard InChI is InChI=1S/C20H25N3O2/c1-14-7-5-6-8-18(14)16-9-11-17(12-10-16)22-20(25)23(4)15(2)13-19(24)21-3/h5-12,15H,13H2,1-4H3,(H,21,24)(H,22,25)/t15-/m1/s1. The maximum atomic E-state index is 12.3. The lowest BCUT2D eigenvalue weighted by atomic mass is 10.0. The number of carbonyl (C=O) groups excluding carboxylic acids is 2. The van der Waals surface area contributed by atoms with Gasteiger partial charge in [-0.1, -0.05) is 36.4 Å². The third kappa shape index (κ3) is 4.83. The fourth-order valence-electron chi connectivity index (χ4n) is 2.55. The summed E-state index contributed by atoms with van der Waals surface area (Å²) in [6.45, 7) is 3.92. The van der Waals surface area contributed by atoms with E-state index in [0.717, 1.165) is 11.3 Å². The highest BCUT2D eigenvalue weighted by atomic mass is 16.2. The summed E-state index contributed by atoms with van der Waals surface area (Å²) in [6, 6.07) is 15.5. The second-order valence-corrected chi connectivity index (χ2v) is 6.16. The zero-order valence-electron chi connectivity index (χ0n) is 15.2. The fraction of sp³-hybridized carbons (Fsp3) is 0.300. The van der Waals surface area contributed by atoms with Gasteiger partial charge in [-0.05, 0) is 42.7 Å². The number of aryl methyl sites for hydroxylation is 1. The van der Waals surface area contributed by atoms with Gasteiger partial charge < -0.3 is 15.5 Å². The smallest absolute Gasteiger partial charge is 0.321 e. The molecule has 25 heavy (non-hydrogen) atoms. The largest absolute Gasteiger partial charge is 0.359 e. The number of nitrogens with zero attached hydrogens (tertiary/aromatic N) is 1. The van der Waals surface area contributed by atoms with Crippen LogP contribution in [-0.2, 0) is 4.79 Å². The van der Waals surface area contributed by atoms with Crippen LogP contribution in [0.1, 0.15) is 18.9 Å². The number of benzene rings is 2. The molecular weight excluding hydrogens is 314 g/mol. The van der Waals surface area contributed by atoms with E-state index in [1.165, 1.54) is 16.0 Å². The van der Waals surface area contributed by atoms with E-state index in [2.05, 4.69) is 29.7 Å². The summed E-state index contributed by atoms with van der Waals surface area (Å²) in [7, 11) is 3.27. The van der Waals surface area contributed by atoms with Crippen LogP contribution in [0.2, 0.25) is 0 Å². The first kappa shape index (κ1) is 18.5. The van der Waals surface area contributed by atoms with Crippen LogP contribution in [0, 0.1) is 6.92 Å². The third-order valence-corrected chi connectivity index (χ3v) is 4.33. The van der Waals surface area contributed by atoms with Gasteiger partial charge in [0.15, 0.2) is 0 Å². The van der Waals surface area contributed by atoms with Crippen molar-refractivity contribution < 1.29 is 9.59 Å². The summed E-state index contributed by atoms with van der Waals surface area (Å²) >= 11 is 0. The maximum absolute atomic E-state index is 12.3. The normalized spacial score (nSPS) is 11.5. The number of amides is 3. The highest BCUT2D eigenvalue weighted by Crippen LogP contribution is 2.24. The highest BCUT2D eigenvalue weighted by molar-refractivity contribution is 5.90. The summed E-state index contributed by atoms with van der Waals surface area (Å²) in [6.07, 6.45) is 0.270. The van der Waals surface area contributed by atoms with Gasteiger partial charge in [0.2, 0.25) is 5.91 Å². The van der Waals surface area contributed by atoms with Gasteiger partial charge in [0.1, 0.15) is 0 Å². The number of hydrogen-bond acceptors (Lipinski definition) is 2. The Bertz CT molecular complexity index is 741. The molecule has 2 aromatic carbocycles.